The Morgan fingerprint density at radius 3 is 0.966 bits per heavy atom. The van der Waals surface area contributed by atoms with Crippen molar-refractivity contribution >= 4 is 25.7 Å². The molecule has 0 fully saturated rings. The molecule has 1 N–H and O–H groups in total. The summed E-state index contributed by atoms with van der Waals surface area (Å²) >= 11 is 0. The smallest absolute Gasteiger partial charge is 0.456 e. The van der Waals surface area contributed by atoms with Gasteiger partial charge in [0.05, 0.1) is 33.8 Å². The largest absolute Gasteiger partial charge is 0.532 e. The molecule has 0 bridgehead atoms. The predicted octanol–water partition coefficient (Wildman–Crippen LogP) is 25.2. The quantitative estimate of drug-likeness (QED) is 0.0210. The minimum Gasteiger partial charge on any atom is -0.456 e. The molecule has 0 aliphatic heterocycles. The average molecular weight is 1280 g/mol. The van der Waals surface area contributed by atoms with Crippen LogP contribution >= 0.6 is 7.82 Å². The number of likely N-dealkylation sites (N-methyl/N-ethyl adjacent to an activating group) is 1. The van der Waals surface area contributed by atoms with Crippen LogP contribution in [0.15, 0.2) is 12.2 Å². The van der Waals surface area contributed by atoms with Crippen LogP contribution in [0, 0.1) is 0 Å². The number of nitrogens with one attached hydrogen (secondary N) is 1. The number of phosphoric ester groups is 1. The number of nitrogens with zero attached hydrogens (tertiary/aromatic N) is 1. The Morgan fingerprint density at radius 2 is 0.652 bits per heavy atom. The van der Waals surface area contributed by atoms with E-state index in [0.29, 0.717) is 23.9 Å². The molecular formula is C78H154N2O8P+. The van der Waals surface area contributed by atoms with Crippen LogP contribution in [0.25, 0.3) is 0 Å². The van der Waals surface area contributed by atoms with Crippen molar-refractivity contribution in [1.82, 2.24) is 5.32 Å². The Morgan fingerprint density at radius 1 is 0.371 bits per heavy atom. The van der Waals surface area contributed by atoms with Crippen molar-refractivity contribution in [1.29, 1.82) is 0 Å². The Balaban J connectivity index is 5.95. The standard InChI is InChI=1S/C78H153N2O8P/c1-8-12-16-20-24-28-32-36-39-42-44-48-52-56-60-64-68-76(81)79-74(73-86-89(84,85-72-71-80(5,6)7)88-78(83)70-66-62-58-54-50-46-41-38-34-30-26-22-18-14-10-3)75(67-63-59-55-51-47-43-35-31-27-23-19-15-11-4)87-77(82)69-65-61-57-53-49-45-40-37-33-29-25-21-17-13-9-2/h63,67,74-75H,8-62,64-66,68-73H2,1-7H3/p+1/b67-63+. The van der Waals surface area contributed by atoms with Gasteiger partial charge in [-0.1, -0.05) is 374 Å². The topological polar surface area (TPSA) is 117 Å². The Hall–Kier alpha value is -1.74. The summed E-state index contributed by atoms with van der Waals surface area (Å²) in [5.41, 5.74) is 0. The fourth-order valence-electron chi connectivity index (χ4n) is 12.1. The lowest BCUT2D eigenvalue weighted by molar-refractivity contribution is -0.870. The second kappa shape index (κ2) is 67.7. The van der Waals surface area contributed by atoms with Crippen molar-refractivity contribution in [3.05, 3.63) is 12.2 Å². The molecule has 528 valence electrons. The summed E-state index contributed by atoms with van der Waals surface area (Å²) in [5.74, 6) is -1.11. The van der Waals surface area contributed by atoms with E-state index in [1.54, 1.807) is 0 Å². The van der Waals surface area contributed by atoms with Crippen LogP contribution in [-0.2, 0) is 37.3 Å². The third-order valence-corrected chi connectivity index (χ3v) is 19.6. The highest BCUT2D eigenvalue weighted by Crippen LogP contribution is 2.50. The zero-order valence-electron chi connectivity index (χ0n) is 60.7. The van der Waals surface area contributed by atoms with E-state index in [4.69, 9.17) is 18.3 Å². The molecule has 0 aromatic carbocycles. The molecule has 0 aromatic rings. The lowest BCUT2D eigenvalue weighted by atomic mass is 10.0. The third-order valence-electron chi connectivity index (χ3n) is 18.2. The average Bonchev–Trinajstić information content (AvgIpc) is 3.09. The maximum Gasteiger partial charge on any atom is 0.532 e. The summed E-state index contributed by atoms with van der Waals surface area (Å²) < 4.78 is 39.3. The van der Waals surface area contributed by atoms with Gasteiger partial charge in [-0.05, 0) is 38.2 Å². The summed E-state index contributed by atoms with van der Waals surface area (Å²) in [6.07, 6.45) is 75.7. The maximum atomic E-state index is 14.7. The number of amides is 1. The molecule has 11 heteroatoms. The number of allylic oxidation sites excluding steroid dienone is 1. The van der Waals surface area contributed by atoms with Gasteiger partial charge in [0.1, 0.15) is 19.3 Å². The fraction of sp³-hybridized carbons (Fsp3) is 0.936. The minimum atomic E-state index is -4.46. The second-order valence-corrected chi connectivity index (χ2v) is 30.0. The SMILES string of the molecule is CCCCCCCCCCCCC/C=C/C(OC(=O)CCCCCCCCCCCCCCCCC)C(COP(=O)(OCC[N+](C)(C)C)OC(=O)CCCCCCCCCCCCCCCCC)NC(=O)CCCCCCCCCCCCCCCCCC. The number of phosphoric acid groups is 1. The highest BCUT2D eigenvalue weighted by molar-refractivity contribution is 7.49. The van der Waals surface area contributed by atoms with Gasteiger partial charge in [-0.25, -0.2) is 4.57 Å². The maximum absolute atomic E-state index is 14.7. The molecule has 0 aromatic heterocycles. The molecule has 3 unspecified atom stereocenters. The van der Waals surface area contributed by atoms with E-state index < -0.39 is 25.9 Å². The first-order valence-electron chi connectivity index (χ1n) is 39.5. The molecule has 3 atom stereocenters. The first-order valence-corrected chi connectivity index (χ1v) is 40.9. The van der Waals surface area contributed by atoms with Crippen LogP contribution < -0.4 is 5.32 Å². The van der Waals surface area contributed by atoms with Crippen molar-refractivity contribution in [2.45, 2.75) is 432 Å². The van der Waals surface area contributed by atoms with E-state index in [1.807, 2.05) is 27.2 Å². The van der Waals surface area contributed by atoms with E-state index in [1.165, 1.54) is 289 Å². The van der Waals surface area contributed by atoms with Gasteiger partial charge < -0.3 is 19.1 Å². The van der Waals surface area contributed by atoms with Gasteiger partial charge in [0.15, 0.2) is 0 Å². The summed E-state index contributed by atoms with van der Waals surface area (Å²) in [6.45, 7) is 9.32. The van der Waals surface area contributed by atoms with Crippen molar-refractivity contribution in [2.75, 3.05) is 40.9 Å². The van der Waals surface area contributed by atoms with Crippen LogP contribution in [0.1, 0.15) is 419 Å². The zero-order valence-corrected chi connectivity index (χ0v) is 61.6. The van der Waals surface area contributed by atoms with Gasteiger partial charge in [-0.15, -0.1) is 0 Å². The number of hydrogen-bond donors (Lipinski definition) is 1. The fourth-order valence-corrected chi connectivity index (χ4v) is 13.3. The van der Waals surface area contributed by atoms with Gasteiger partial charge in [-0.3, -0.25) is 23.4 Å². The molecule has 0 spiro atoms. The second-order valence-electron chi connectivity index (χ2n) is 28.4. The van der Waals surface area contributed by atoms with E-state index in [-0.39, 0.29) is 37.9 Å². The van der Waals surface area contributed by atoms with E-state index in [0.717, 1.165) is 77.0 Å². The van der Waals surface area contributed by atoms with Gasteiger partial charge >= 0.3 is 19.8 Å². The van der Waals surface area contributed by atoms with Crippen LogP contribution in [0.4, 0.5) is 0 Å². The normalized spacial score (nSPS) is 13.3. The first kappa shape index (κ1) is 87.3. The van der Waals surface area contributed by atoms with Gasteiger partial charge in [0, 0.05) is 19.3 Å². The highest BCUT2D eigenvalue weighted by atomic mass is 31.2. The third kappa shape index (κ3) is 66.1. The molecule has 1 amide bonds. The molecule has 0 heterocycles. The molecule has 0 rings (SSSR count). The molecule has 89 heavy (non-hydrogen) atoms. The monoisotopic (exact) mass is 1280 g/mol. The van der Waals surface area contributed by atoms with Crippen molar-refractivity contribution in [2.24, 2.45) is 0 Å². The van der Waals surface area contributed by atoms with E-state index in [9.17, 15) is 18.9 Å². The minimum absolute atomic E-state index is 0.0415. The molecule has 0 radical (unpaired) electrons. The van der Waals surface area contributed by atoms with Gasteiger partial charge in [0.25, 0.3) is 0 Å². The molecule has 0 aliphatic carbocycles. The lowest BCUT2D eigenvalue weighted by Crippen LogP contribution is -2.47. The van der Waals surface area contributed by atoms with Crippen molar-refractivity contribution in [3.63, 3.8) is 0 Å². The summed E-state index contributed by atoms with van der Waals surface area (Å²) in [6, 6.07) is -0.883. The molecule has 0 saturated carbocycles. The number of quaternary nitrogens is 1. The predicted molar refractivity (Wildman–Crippen MR) is 384 cm³/mol. The van der Waals surface area contributed by atoms with Crippen LogP contribution in [0.5, 0.6) is 0 Å². The van der Waals surface area contributed by atoms with E-state index in [2.05, 4.69) is 39.1 Å². The van der Waals surface area contributed by atoms with Crippen LogP contribution in [-0.4, -0.2) is 75.4 Å². The summed E-state index contributed by atoms with van der Waals surface area (Å²) in [5, 5.41) is 3.17. The number of ether oxygens (including phenoxy) is 1. The number of rotatable bonds is 73. The Labute approximate surface area is 554 Å². The van der Waals surface area contributed by atoms with Crippen molar-refractivity contribution < 1.29 is 41.7 Å². The Bertz CT molecular complexity index is 1590. The summed E-state index contributed by atoms with van der Waals surface area (Å²) in [4.78, 5) is 41.4. The number of hydrogen-bond acceptors (Lipinski definition) is 8. The Kier molecular flexibility index (Phi) is 66.3. The number of esters is 1. The first-order chi connectivity index (χ1) is 43.4. The molecular weight excluding hydrogens is 1120 g/mol. The van der Waals surface area contributed by atoms with E-state index >= 15 is 0 Å². The molecule has 0 saturated heterocycles. The van der Waals surface area contributed by atoms with Crippen LogP contribution in [0.3, 0.4) is 0 Å². The summed E-state index contributed by atoms with van der Waals surface area (Å²) in [7, 11) is 1.59. The molecule has 0 aliphatic rings. The number of carbonyl (C=O) groups excluding carboxylic acids is 3. The molecule has 10 nitrogen and oxygen atoms in total. The zero-order chi connectivity index (χ0) is 65.1. The number of carbonyl (C=O) groups is 3. The lowest BCUT2D eigenvalue weighted by Gasteiger charge is -2.28. The van der Waals surface area contributed by atoms with Crippen LogP contribution in [0.2, 0.25) is 0 Å². The van der Waals surface area contributed by atoms with Gasteiger partial charge in [-0.2, -0.15) is 0 Å². The van der Waals surface area contributed by atoms with Gasteiger partial charge in [0.2, 0.25) is 5.91 Å². The highest BCUT2D eigenvalue weighted by Gasteiger charge is 2.36. The number of unbranched alkanes of at least 4 members (excludes halogenated alkanes) is 54. The van der Waals surface area contributed by atoms with Crippen molar-refractivity contribution in [3.8, 4) is 0 Å².